The summed E-state index contributed by atoms with van der Waals surface area (Å²) in [6.45, 7) is 5.12. The van der Waals surface area contributed by atoms with Crippen molar-refractivity contribution >= 4 is 55.1 Å². The van der Waals surface area contributed by atoms with Gasteiger partial charge in [0.2, 0.25) is 0 Å². The van der Waals surface area contributed by atoms with Gasteiger partial charge in [-0.25, -0.2) is 9.59 Å². The van der Waals surface area contributed by atoms with Crippen molar-refractivity contribution in [1.29, 1.82) is 0 Å². The summed E-state index contributed by atoms with van der Waals surface area (Å²) in [5.41, 5.74) is 0.529. The summed E-state index contributed by atoms with van der Waals surface area (Å²) >= 11 is 8.06. The molecular formula is C22H34Br2O4S. The maximum atomic E-state index is 12.5. The van der Waals surface area contributed by atoms with Crippen LogP contribution in [-0.2, 0) is 9.47 Å². The molecule has 0 amide bonds. The Labute approximate surface area is 196 Å². The molecule has 0 N–H and O–H groups in total. The molecule has 0 saturated carbocycles. The Morgan fingerprint density at radius 3 is 1.38 bits per heavy atom. The number of esters is 2. The van der Waals surface area contributed by atoms with Crippen LogP contribution in [0.4, 0.5) is 0 Å². The summed E-state index contributed by atoms with van der Waals surface area (Å²) in [4.78, 5) is 25.1. The van der Waals surface area contributed by atoms with E-state index in [0.29, 0.717) is 20.8 Å². The molecule has 0 fully saturated rings. The predicted molar refractivity (Wildman–Crippen MR) is 127 cm³/mol. The third-order valence-corrected chi connectivity index (χ3v) is 7.22. The van der Waals surface area contributed by atoms with Crippen LogP contribution in [0, 0.1) is 0 Å². The SMILES string of the molecule is CCCCCCCCOC(=O)c1c(Br)sc(Br)c1C(=O)OCCCCCCCC. The van der Waals surface area contributed by atoms with Crippen LogP contribution in [0.2, 0.25) is 0 Å². The standard InChI is InChI=1S/C22H34Br2O4S/c1-3-5-7-9-11-13-15-27-21(25)17-18(20(24)29-19(17)23)22(26)28-16-14-12-10-8-6-4-2/h3-16H2,1-2H3. The minimum absolute atomic E-state index is 0.265. The second kappa shape index (κ2) is 16.3. The Hall–Kier alpha value is -0.400. The Morgan fingerprint density at radius 1 is 0.655 bits per heavy atom. The fourth-order valence-corrected chi connectivity index (χ4v) is 6.06. The normalized spacial score (nSPS) is 10.9. The first-order valence-electron chi connectivity index (χ1n) is 10.8. The quantitative estimate of drug-likeness (QED) is 0.152. The highest BCUT2D eigenvalue weighted by atomic mass is 79.9. The van der Waals surface area contributed by atoms with Gasteiger partial charge in [-0.15, -0.1) is 11.3 Å². The lowest BCUT2D eigenvalue weighted by molar-refractivity contribution is 0.0450. The first-order valence-corrected chi connectivity index (χ1v) is 13.2. The van der Waals surface area contributed by atoms with E-state index in [-0.39, 0.29) is 11.1 Å². The molecule has 29 heavy (non-hydrogen) atoms. The van der Waals surface area contributed by atoms with Gasteiger partial charge in [0.25, 0.3) is 0 Å². The van der Waals surface area contributed by atoms with Crippen LogP contribution in [0.25, 0.3) is 0 Å². The first kappa shape index (κ1) is 26.6. The summed E-state index contributed by atoms with van der Waals surface area (Å²) in [6, 6.07) is 0. The van der Waals surface area contributed by atoms with Crippen molar-refractivity contribution in [3.63, 3.8) is 0 Å². The smallest absolute Gasteiger partial charge is 0.341 e. The van der Waals surface area contributed by atoms with E-state index in [1.165, 1.54) is 49.9 Å². The molecule has 0 bridgehead atoms. The average Bonchev–Trinajstić information content (AvgIpc) is 3.00. The zero-order valence-corrected chi connectivity index (χ0v) is 21.7. The third-order valence-electron chi connectivity index (χ3n) is 4.69. The van der Waals surface area contributed by atoms with E-state index in [0.717, 1.165) is 38.5 Å². The molecule has 166 valence electrons. The van der Waals surface area contributed by atoms with Gasteiger partial charge in [-0.2, -0.15) is 0 Å². The summed E-state index contributed by atoms with van der Waals surface area (Å²) < 4.78 is 12.0. The number of hydrogen-bond donors (Lipinski definition) is 0. The first-order chi connectivity index (χ1) is 14.0. The Balaban J connectivity index is 2.47. The molecule has 1 heterocycles. The van der Waals surface area contributed by atoms with Gasteiger partial charge < -0.3 is 9.47 Å². The molecule has 7 heteroatoms. The molecule has 0 atom stereocenters. The van der Waals surface area contributed by atoms with Gasteiger partial charge >= 0.3 is 11.9 Å². The fraction of sp³-hybridized carbons (Fsp3) is 0.727. The molecule has 0 radical (unpaired) electrons. The van der Waals surface area contributed by atoms with Gasteiger partial charge in [-0.1, -0.05) is 78.1 Å². The molecule has 0 unspecified atom stereocenters. The number of hydrogen-bond acceptors (Lipinski definition) is 5. The van der Waals surface area contributed by atoms with Crippen LogP contribution in [0.5, 0.6) is 0 Å². The fourth-order valence-electron chi connectivity index (χ4n) is 2.98. The van der Waals surface area contributed by atoms with E-state index in [9.17, 15) is 9.59 Å². The van der Waals surface area contributed by atoms with Gasteiger partial charge in [0.05, 0.1) is 20.8 Å². The molecule has 0 aliphatic heterocycles. The van der Waals surface area contributed by atoms with Crippen LogP contribution in [-0.4, -0.2) is 25.2 Å². The highest BCUT2D eigenvalue weighted by Gasteiger charge is 2.28. The number of carbonyl (C=O) groups excluding carboxylic acids is 2. The van der Waals surface area contributed by atoms with Crippen molar-refractivity contribution in [3.8, 4) is 0 Å². The summed E-state index contributed by atoms with van der Waals surface area (Å²) in [7, 11) is 0. The number of halogens is 2. The molecule has 4 nitrogen and oxygen atoms in total. The van der Waals surface area contributed by atoms with E-state index in [1.54, 1.807) is 0 Å². The maximum Gasteiger partial charge on any atom is 0.341 e. The molecule has 0 aliphatic carbocycles. The zero-order chi connectivity index (χ0) is 21.5. The van der Waals surface area contributed by atoms with E-state index >= 15 is 0 Å². The minimum Gasteiger partial charge on any atom is -0.462 e. The van der Waals surface area contributed by atoms with Crippen LogP contribution >= 0.6 is 43.2 Å². The number of carbonyl (C=O) groups is 2. The topological polar surface area (TPSA) is 52.6 Å². The van der Waals surface area contributed by atoms with Gasteiger partial charge in [-0.3, -0.25) is 0 Å². The second-order valence-corrected chi connectivity index (χ2v) is 10.9. The van der Waals surface area contributed by atoms with E-state index < -0.39 is 11.9 Å². The molecule has 1 aromatic rings. The Bertz CT molecular complexity index is 566. The zero-order valence-electron chi connectivity index (χ0n) is 17.7. The van der Waals surface area contributed by atoms with Crippen molar-refractivity contribution < 1.29 is 19.1 Å². The molecule has 0 aromatic carbocycles. The summed E-state index contributed by atoms with van der Waals surface area (Å²) in [5.74, 6) is -0.946. The van der Waals surface area contributed by atoms with Crippen molar-refractivity contribution in [2.45, 2.75) is 90.9 Å². The average molecular weight is 554 g/mol. The largest absolute Gasteiger partial charge is 0.462 e. The van der Waals surface area contributed by atoms with E-state index in [2.05, 4.69) is 45.7 Å². The van der Waals surface area contributed by atoms with Crippen molar-refractivity contribution in [2.75, 3.05) is 13.2 Å². The Morgan fingerprint density at radius 2 is 1.00 bits per heavy atom. The van der Waals surface area contributed by atoms with Crippen LogP contribution in [0.3, 0.4) is 0 Å². The van der Waals surface area contributed by atoms with Crippen molar-refractivity contribution in [1.82, 2.24) is 0 Å². The Kier molecular flexibility index (Phi) is 15.0. The monoisotopic (exact) mass is 552 g/mol. The number of thiophene rings is 1. The highest BCUT2D eigenvalue weighted by molar-refractivity contribution is 9.12. The van der Waals surface area contributed by atoms with Gasteiger partial charge in [-0.05, 0) is 44.7 Å². The summed E-state index contributed by atoms with van der Waals surface area (Å²) in [5, 5.41) is 0. The number of unbranched alkanes of at least 4 members (excludes halogenated alkanes) is 10. The maximum absolute atomic E-state index is 12.5. The molecule has 0 saturated heterocycles. The molecule has 1 aromatic heterocycles. The van der Waals surface area contributed by atoms with Crippen LogP contribution < -0.4 is 0 Å². The number of rotatable bonds is 16. The van der Waals surface area contributed by atoms with E-state index in [4.69, 9.17) is 9.47 Å². The van der Waals surface area contributed by atoms with Gasteiger partial charge in [0.1, 0.15) is 11.1 Å². The van der Waals surface area contributed by atoms with Crippen molar-refractivity contribution in [2.24, 2.45) is 0 Å². The molecular weight excluding hydrogens is 520 g/mol. The van der Waals surface area contributed by atoms with Gasteiger partial charge in [0, 0.05) is 0 Å². The highest BCUT2D eigenvalue weighted by Crippen LogP contribution is 2.38. The predicted octanol–water partition coefficient (Wildman–Crippen LogP) is 8.31. The molecule has 0 spiro atoms. The second-order valence-electron chi connectivity index (χ2n) is 7.21. The van der Waals surface area contributed by atoms with Gasteiger partial charge in [0.15, 0.2) is 0 Å². The van der Waals surface area contributed by atoms with Crippen LogP contribution in [0.1, 0.15) is 112 Å². The molecule has 1 rings (SSSR count). The lowest BCUT2D eigenvalue weighted by Crippen LogP contribution is -2.14. The van der Waals surface area contributed by atoms with Crippen LogP contribution in [0.15, 0.2) is 7.57 Å². The third kappa shape index (κ3) is 10.5. The van der Waals surface area contributed by atoms with E-state index in [1.807, 2.05) is 0 Å². The number of ether oxygens (including phenoxy) is 2. The lowest BCUT2D eigenvalue weighted by Gasteiger charge is -2.08. The minimum atomic E-state index is -0.473. The lowest BCUT2D eigenvalue weighted by atomic mass is 10.1. The summed E-state index contributed by atoms with van der Waals surface area (Å²) in [6.07, 6.45) is 13.5. The molecule has 0 aliphatic rings. The van der Waals surface area contributed by atoms with Crippen molar-refractivity contribution in [3.05, 3.63) is 18.7 Å².